The molecule has 20 heavy (non-hydrogen) atoms. The van der Waals surface area contributed by atoms with Crippen LogP contribution < -0.4 is 10.6 Å². The van der Waals surface area contributed by atoms with E-state index in [9.17, 15) is 19.8 Å². The van der Waals surface area contributed by atoms with Crippen LogP contribution in [0, 0.1) is 0 Å². The van der Waals surface area contributed by atoms with E-state index in [1.165, 1.54) is 18.2 Å². The maximum absolute atomic E-state index is 12.2. The quantitative estimate of drug-likeness (QED) is 0.626. The molecule has 1 fully saturated rings. The molecule has 2 atom stereocenters. The number of aliphatic carboxylic acids is 1. The van der Waals surface area contributed by atoms with Crippen LogP contribution >= 0.6 is 23.2 Å². The average Bonchev–Trinajstić information content (AvgIpc) is 2.71. The number of aliphatic hydroxyl groups excluding tert-OH is 1. The van der Waals surface area contributed by atoms with Crippen molar-refractivity contribution in [3.63, 3.8) is 0 Å². The van der Waals surface area contributed by atoms with Gasteiger partial charge >= 0.3 is 5.97 Å². The van der Waals surface area contributed by atoms with Crippen molar-refractivity contribution in [2.75, 3.05) is 11.9 Å². The van der Waals surface area contributed by atoms with Gasteiger partial charge in [-0.05, 0) is 18.2 Å². The van der Waals surface area contributed by atoms with Crippen molar-refractivity contribution in [1.29, 1.82) is 0 Å². The number of halogens is 2. The van der Waals surface area contributed by atoms with Gasteiger partial charge in [0.25, 0.3) is 5.91 Å². The topological polar surface area (TPSA) is 98.7 Å². The molecule has 1 aromatic rings. The lowest BCUT2D eigenvalue weighted by atomic mass is 9.95. The number of anilines is 1. The zero-order chi connectivity index (χ0) is 14.9. The molecule has 0 spiro atoms. The van der Waals surface area contributed by atoms with Gasteiger partial charge in [-0.15, -0.1) is 0 Å². The zero-order valence-corrected chi connectivity index (χ0v) is 11.7. The van der Waals surface area contributed by atoms with E-state index in [1.54, 1.807) is 0 Å². The summed E-state index contributed by atoms with van der Waals surface area (Å²) in [5, 5.41) is 24.3. The van der Waals surface area contributed by atoms with Gasteiger partial charge in [0.1, 0.15) is 0 Å². The van der Waals surface area contributed by atoms with Crippen molar-refractivity contribution in [3.8, 4) is 0 Å². The highest BCUT2D eigenvalue weighted by Crippen LogP contribution is 2.26. The number of β-amino-alcohol motifs (C(OH)–C–C–N with tert-alkyl or cyclic N) is 1. The van der Waals surface area contributed by atoms with Gasteiger partial charge in [0.2, 0.25) is 0 Å². The lowest BCUT2D eigenvalue weighted by molar-refractivity contribution is -0.148. The number of carboxylic acids is 1. The van der Waals surface area contributed by atoms with E-state index in [2.05, 4.69) is 10.6 Å². The highest BCUT2D eigenvalue weighted by Gasteiger charge is 2.51. The Hall–Kier alpha value is -1.34. The predicted octanol–water partition coefficient (Wildman–Crippen LogP) is 1.11. The third kappa shape index (κ3) is 2.88. The predicted molar refractivity (Wildman–Crippen MR) is 74.1 cm³/mol. The second kappa shape index (κ2) is 5.57. The summed E-state index contributed by atoms with van der Waals surface area (Å²) >= 11 is 11.6. The highest BCUT2D eigenvalue weighted by molar-refractivity contribution is 6.35. The molecular formula is C12H12Cl2N2O4. The SMILES string of the molecule is O=C(O)[C@]1(C(=O)Nc2cc(Cl)cc(Cl)c2)CC(O)CN1. The van der Waals surface area contributed by atoms with Gasteiger partial charge in [-0.1, -0.05) is 23.2 Å². The molecule has 1 heterocycles. The maximum Gasteiger partial charge on any atom is 0.333 e. The Kier molecular flexibility index (Phi) is 4.19. The number of benzene rings is 1. The van der Waals surface area contributed by atoms with Crippen LogP contribution in [-0.2, 0) is 9.59 Å². The van der Waals surface area contributed by atoms with Crippen molar-refractivity contribution >= 4 is 40.8 Å². The van der Waals surface area contributed by atoms with Gasteiger partial charge in [-0.25, -0.2) is 4.79 Å². The van der Waals surface area contributed by atoms with Gasteiger partial charge in [-0.3, -0.25) is 10.1 Å². The van der Waals surface area contributed by atoms with Crippen molar-refractivity contribution in [2.24, 2.45) is 0 Å². The van der Waals surface area contributed by atoms with Crippen LogP contribution in [0.5, 0.6) is 0 Å². The van der Waals surface area contributed by atoms with Gasteiger partial charge in [-0.2, -0.15) is 0 Å². The Morgan fingerprint density at radius 2 is 1.90 bits per heavy atom. The maximum atomic E-state index is 12.2. The van der Waals surface area contributed by atoms with Crippen molar-refractivity contribution in [3.05, 3.63) is 28.2 Å². The number of carbonyl (C=O) groups excluding carboxylic acids is 1. The Balaban J connectivity index is 2.23. The molecule has 1 aliphatic rings. The number of aliphatic hydroxyl groups is 1. The van der Waals surface area contributed by atoms with E-state index in [-0.39, 0.29) is 18.7 Å². The second-order valence-electron chi connectivity index (χ2n) is 4.56. The molecule has 4 N–H and O–H groups in total. The minimum atomic E-state index is -1.85. The van der Waals surface area contributed by atoms with Crippen LogP contribution in [0.2, 0.25) is 10.0 Å². The molecule has 6 nitrogen and oxygen atoms in total. The number of hydrogen-bond donors (Lipinski definition) is 4. The molecule has 0 bridgehead atoms. The third-order valence-corrected chi connectivity index (χ3v) is 3.49. The molecule has 1 saturated heterocycles. The van der Waals surface area contributed by atoms with Gasteiger partial charge in [0, 0.05) is 28.7 Å². The van der Waals surface area contributed by atoms with E-state index >= 15 is 0 Å². The molecule has 8 heteroatoms. The number of hydrogen-bond acceptors (Lipinski definition) is 4. The zero-order valence-electron chi connectivity index (χ0n) is 10.2. The summed E-state index contributed by atoms with van der Waals surface area (Å²) in [6, 6.07) is 4.39. The van der Waals surface area contributed by atoms with Crippen molar-refractivity contribution in [1.82, 2.24) is 5.32 Å². The average molecular weight is 319 g/mol. The molecule has 0 aromatic heterocycles. The molecule has 108 valence electrons. The van der Waals surface area contributed by atoms with E-state index in [0.717, 1.165) is 0 Å². The number of rotatable bonds is 3. The molecular weight excluding hydrogens is 307 g/mol. The monoisotopic (exact) mass is 318 g/mol. The largest absolute Gasteiger partial charge is 0.479 e. The third-order valence-electron chi connectivity index (χ3n) is 3.05. The first-order valence-corrected chi connectivity index (χ1v) is 6.53. The lowest BCUT2D eigenvalue weighted by Crippen LogP contribution is -2.56. The second-order valence-corrected chi connectivity index (χ2v) is 5.43. The minimum absolute atomic E-state index is 0.0377. The van der Waals surface area contributed by atoms with E-state index in [0.29, 0.717) is 10.0 Å². The molecule has 1 unspecified atom stereocenters. The van der Waals surface area contributed by atoms with Crippen LogP contribution in [0.15, 0.2) is 18.2 Å². The highest BCUT2D eigenvalue weighted by atomic mass is 35.5. The van der Waals surface area contributed by atoms with Crippen LogP contribution in [0.1, 0.15) is 6.42 Å². The molecule has 1 amide bonds. The summed E-state index contributed by atoms with van der Waals surface area (Å²) in [7, 11) is 0. The van der Waals surface area contributed by atoms with Crippen LogP contribution in [0.25, 0.3) is 0 Å². The number of carbonyl (C=O) groups is 2. The van der Waals surface area contributed by atoms with Crippen molar-refractivity contribution in [2.45, 2.75) is 18.1 Å². The molecule has 0 aliphatic carbocycles. The van der Waals surface area contributed by atoms with Crippen LogP contribution in [0.4, 0.5) is 5.69 Å². The summed E-state index contributed by atoms with van der Waals surface area (Å²) in [6.45, 7) is 0.0377. The summed E-state index contributed by atoms with van der Waals surface area (Å²) in [5.74, 6) is -2.13. The van der Waals surface area contributed by atoms with E-state index < -0.39 is 23.5 Å². The fourth-order valence-electron chi connectivity index (χ4n) is 2.09. The first kappa shape index (κ1) is 15.1. The Morgan fingerprint density at radius 3 is 2.35 bits per heavy atom. The first-order valence-electron chi connectivity index (χ1n) is 5.77. The number of nitrogens with one attached hydrogen (secondary N) is 2. The first-order chi connectivity index (χ1) is 9.33. The molecule has 1 aliphatic heterocycles. The summed E-state index contributed by atoms with van der Waals surface area (Å²) in [4.78, 5) is 23.5. The standard InChI is InChI=1S/C12H12Cl2N2O4/c13-6-1-7(14)3-8(2-6)16-10(18)12(11(19)20)4-9(17)5-15-12/h1-3,9,15,17H,4-5H2,(H,16,18)(H,19,20)/t9?,12-/m1/s1. The van der Waals surface area contributed by atoms with Gasteiger partial charge in [0.15, 0.2) is 5.54 Å². The Morgan fingerprint density at radius 1 is 1.30 bits per heavy atom. The van der Waals surface area contributed by atoms with Gasteiger partial charge in [0.05, 0.1) is 6.10 Å². The summed E-state index contributed by atoms with van der Waals surface area (Å²) < 4.78 is 0. The van der Waals surface area contributed by atoms with Crippen LogP contribution in [-0.4, -0.2) is 40.3 Å². The number of amides is 1. The van der Waals surface area contributed by atoms with Crippen molar-refractivity contribution < 1.29 is 19.8 Å². The smallest absolute Gasteiger partial charge is 0.333 e. The van der Waals surface area contributed by atoms with E-state index in [4.69, 9.17) is 23.2 Å². The van der Waals surface area contributed by atoms with E-state index in [1.807, 2.05) is 0 Å². The molecule has 1 aromatic carbocycles. The number of carboxylic acid groups (broad SMARTS) is 1. The summed E-state index contributed by atoms with van der Waals surface area (Å²) in [6.07, 6.45) is -1.09. The Labute approximate surface area is 124 Å². The fourth-order valence-corrected chi connectivity index (χ4v) is 2.61. The minimum Gasteiger partial charge on any atom is -0.479 e. The molecule has 0 saturated carbocycles. The molecule has 0 radical (unpaired) electrons. The fraction of sp³-hybridized carbons (Fsp3) is 0.333. The normalized spacial score (nSPS) is 25.4. The van der Waals surface area contributed by atoms with Crippen LogP contribution in [0.3, 0.4) is 0 Å². The molecule has 2 rings (SSSR count). The summed E-state index contributed by atoms with van der Waals surface area (Å²) in [5.41, 5.74) is -1.56. The van der Waals surface area contributed by atoms with Gasteiger partial charge < -0.3 is 15.5 Å². The Bertz CT molecular complexity index is 546. The lowest BCUT2D eigenvalue weighted by Gasteiger charge is -2.23.